The number of nitrogens with zero attached hydrogens (tertiary/aromatic N) is 3. The zero-order chi connectivity index (χ0) is 12.7. The first-order valence-electron chi connectivity index (χ1n) is 5.77. The molecule has 6 nitrogen and oxygen atoms in total. The smallest absolute Gasteiger partial charge is 0.231 e. The second-order valence-electron chi connectivity index (χ2n) is 3.60. The molecule has 94 valence electrons. The Bertz CT molecular complexity index is 337. The van der Waals surface area contributed by atoms with Gasteiger partial charge in [0.05, 0.1) is 12.6 Å². The first-order valence-corrected chi connectivity index (χ1v) is 5.77. The van der Waals surface area contributed by atoms with Crippen molar-refractivity contribution in [1.29, 1.82) is 0 Å². The van der Waals surface area contributed by atoms with Crippen LogP contribution < -0.4 is 11.1 Å². The van der Waals surface area contributed by atoms with Gasteiger partial charge >= 0.3 is 0 Å². The molecule has 1 fully saturated rings. The summed E-state index contributed by atoms with van der Waals surface area (Å²) in [7, 11) is 0. The van der Waals surface area contributed by atoms with Crippen LogP contribution in [0.5, 0.6) is 0 Å². The molecule has 0 aliphatic carbocycles. The molecule has 0 unspecified atom stereocenters. The summed E-state index contributed by atoms with van der Waals surface area (Å²) < 4.78 is 0. The summed E-state index contributed by atoms with van der Waals surface area (Å²) in [4.78, 5) is 20.5. The van der Waals surface area contributed by atoms with E-state index in [1.165, 1.54) is 6.33 Å². The van der Waals surface area contributed by atoms with Crippen molar-refractivity contribution >= 4 is 11.7 Å². The molecule has 17 heavy (non-hydrogen) atoms. The van der Waals surface area contributed by atoms with E-state index in [1.807, 2.05) is 24.8 Å². The summed E-state index contributed by atoms with van der Waals surface area (Å²) in [5.41, 5.74) is 5.08. The van der Waals surface area contributed by atoms with Gasteiger partial charge in [0.1, 0.15) is 12.1 Å². The van der Waals surface area contributed by atoms with Crippen LogP contribution in [0.3, 0.4) is 0 Å². The first kappa shape index (κ1) is 13.4. The van der Waals surface area contributed by atoms with Crippen molar-refractivity contribution in [3.05, 3.63) is 18.6 Å². The quantitative estimate of drug-likeness (QED) is 0.775. The van der Waals surface area contributed by atoms with Gasteiger partial charge in [-0.1, -0.05) is 13.8 Å². The van der Waals surface area contributed by atoms with Gasteiger partial charge in [-0.25, -0.2) is 9.97 Å². The van der Waals surface area contributed by atoms with Crippen LogP contribution in [0.2, 0.25) is 0 Å². The highest BCUT2D eigenvalue weighted by Gasteiger charge is 2.27. The molecule has 2 heterocycles. The Kier molecular flexibility index (Phi) is 5.35. The summed E-state index contributed by atoms with van der Waals surface area (Å²) in [5, 5.41) is 3.24. The number of nitrogens with one attached hydrogen (secondary N) is 1. The van der Waals surface area contributed by atoms with Crippen LogP contribution in [0.25, 0.3) is 0 Å². The Balaban J connectivity index is 0.000000686. The minimum Gasteiger partial charge on any atom is -0.369 e. The SMILES string of the molecule is CC.NC(=O)CN1CC(Nc2ccncn2)C1. The van der Waals surface area contributed by atoms with Crippen LogP contribution in [-0.4, -0.2) is 46.5 Å². The molecule has 6 heteroatoms. The molecular weight excluding hydrogens is 218 g/mol. The molecule has 2 rings (SSSR count). The molecule has 0 saturated carbocycles. The second-order valence-corrected chi connectivity index (χ2v) is 3.60. The van der Waals surface area contributed by atoms with E-state index in [0.717, 1.165) is 18.9 Å². The fourth-order valence-electron chi connectivity index (χ4n) is 1.60. The number of likely N-dealkylation sites (tertiary alicyclic amines) is 1. The Morgan fingerprint density at radius 2 is 2.29 bits per heavy atom. The maximum atomic E-state index is 10.6. The molecule has 1 aliphatic rings. The maximum Gasteiger partial charge on any atom is 0.231 e. The summed E-state index contributed by atoms with van der Waals surface area (Å²) >= 11 is 0. The van der Waals surface area contributed by atoms with E-state index in [1.54, 1.807) is 6.20 Å². The highest BCUT2D eigenvalue weighted by molar-refractivity contribution is 5.76. The van der Waals surface area contributed by atoms with Gasteiger partial charge in [0.25, 0.3) is 0 Å². The van der Waals surface area contributed by atoms with Crippen LogP contribution in [0, 0.1) is 0 Å². The lowest BCUT2D eigenvalue weighted by Crippen LogP contribution is -2.56. The van der Waals surface area contributed by atoms with Crippen LogP contribution in [0.15, 0.2) is 18.6 Å². The van der Waals surface area contributed by atoms with Crippen molar-refractivity contribution in [2.45, 2.75) is 19.9 Å². The molecule has 0 radical (unpaired) electrons. The molecule has 0 bridgehead atoms. The number of amides is 1. The Labute approximate surface area is 101 Å². The fourth-order valence-corrected chi connectivity index (χ4v) is 1.60. The molecule has 1 aromatic rings. The van der Waals surface area contributed by atoms with E-state index in [9.17, 15) is 4.79 Å². The van der Waals surface area contributed by atoms with Gasteiger partial charge in [0.15, 0.2) is 0 Å². The Morgan fingerprint density at radius 3 is 2.82 bits per heavy atom. The molecule has 1 aliphatic heterocycles. The number of hydrogen-bond donors (Lipinski definition) is 2. The lowest BCUT2D eigenvalue weighted by atomic mass is 10.1. The van der Waals surface area contributed by atoms with E-state index in [2.05, 4.69) is 15.3 Å². The molecular formula is C11H19N5O. The second kappa shape index (κ2) is 6.80. The number of carbonyl (C=O) groups is 1. The highest BCUT2D eigenvalue weighted by atomic mass is 16.1. The van der Waals surface area contributed by atoms with Gasteiger partial charge in [0.2, 0.25) is 5.91 Å². The number of carbonyl (C=O) groups excluding carboxylic acids is 1. The first-order chi connectivity index (χ1) is 8.24. The monoisotopic (exact) mass is 237 g/mol. The Hall–Kier alpha value is -1.69. The molecule has 1 saturated heterocycles. The predicted octanol–water partition coefficient (Wildman–Crippen LogP) is 0.0842. The average Bonchev–Trinajstić information content (AvgIpc) is 2.30. The summed E-state index contributed by atoms with van der Waals surface area (Å²) in [6.07, 6.45) is 3.19. The summed E-state index contributed by atoms with van der Waals surface area (Å²) in [6.45, 7) is 5.99. The van der Waals surface area contributed by atoms with E-state index in [-0.39, 0.29) is 5.91 Å². The van der Waals surface area contributed by atoms with Crippen LogP contribution >= 0.6 is 0 Å². The van der Waals surface area contributed by atoms with Crippen molar-refractivity contribution in [1.82, 2.24) is 14.9 Å². The van der Waals surface area contributed by atoms with Crippen molar-refractivity contribution in [2.24, 2.45) is 5.73 Å². The minimum absolute atomic E-state index is 0.282. The highest BCUT2D eigenvalue weighted by Crippen LogP contribution is 2.11. The average molecular weight is 237 g/mol. The number of hydrogen-bond acceptors (Lipinski definition) is 5. The third-order valence-corrected chi connectivity index (χ3v) is 2.27. The summed E-state index contributed by atoms with van der Waals surface area (Å²) in [5.74, 6) is 0.532. The third-order valence-electron chi connectivity index (χ3n) is 2.27. The van der Waals surface area contributed by atoms with Gasteiger partial charge in [-0.3, -0.25) is 9.69 Å². The minimum atomic E-state index is -0.282. The van der Waals surface area contributed by atoms with E-state index >= 15 is 0 Å². The van der Waals surface area contributed by atoms with Crippen molar-refractivity contribution in [3.8, 4) is 0 Å². The molecule has 1 aromatic heterocycles. The van der Waals surface area contributed by atoms with Crippen molar-refractivity contribution in [2.75, 3.05) is 25.0 Å². The zero-order valence-electron chi connectivity index (χ0n) is 10.3. The third kappa shape index (κ3) is 4.36. The molecule has 0 aromatic carbocycles. The van der Waals surface area contributed by atoms with Crippen LogP contribution in [0.4, 0.5) is 5.82 Å². The van der Waals surface area contributed by atoms with Gasteiger partial charge < -0.3 is 11.1 Å². The van der Waals surface area contributed by atoms with Crippen LogP contribution in [-0.2, 0) is 4.79 Å². The molecule has 0 atom stereocenters. The molecule has 1 amide bonds. The predicted molar refractivity (Wildman–Crippen MR) is 66.4 cm³/mol. The van der Waals surface area contributed by atoms with Gasteiger partial charge in [-0.2, -0.15) is 0 Å². The van der Waals surface area contributed by atoms with E-state index < -0.39 is 0 Å². The molecule has 3 N–H and O–H groups in total. The van der Waals surface area contributed by atoms with Gasteiger partial charge in [-0.15, -0.1) is 0 Å². The topological polar surface area (TPSA) is 84.1 Å². The van der Waals surface area contributed by atoms with Gasteiger partial charge in [0, 0.05) is 19.3 Å². The summed E-state index contributed by atoms with van der Waals surface area (Å²) in [6, 6.07) is 2.16. The Morgan fingerprint density at radius 1 is 1.59 bits per heavy atom. The van der Waals surface area contributed by atoms with Crippen LogP contribution in [0.1, 0.15) is 13.8 Å². The number of rotatable bonds is 4. The van der Waals surface area contributed by atoms with E-state index in [4.69, 9.17) is 5.73 Å². The van der Waals surface area contributed by atoms with Crippen molar-refractivity contribution < 1.29 is 4.79 Å². The number of primary amides is 1. The molecule has 0 spiro atoms. The number of aromatic nitrogens is 2. The van der Waals surface area contributed by atoms with Gasteiger partial charge in [-0.05, 0) is 6.07 Å². The number of anilines is 1. The lowest BCUT2D eigenvalue weighted by molar-refractivity contribution is -0.120. The fraction of sp³-hybridized carbons (Fsp3) is 0.545. The van der Waals surface area contributed by atoms with E-state index in [0.29, 0.717) is 12.6 Å². The standard InChI is InChI=1S/C9H13N5O.C2H6/c10-8(15)5-14-3-7(4-14)13-9-1-2-11-6-12-9;1-2/h1-2,6-7H,3-5H2,(H2,10,15)(H,11,12,13);1-2H3. The number of nitrogens with two attached hydrogens (primary N) is 1. The lowest BCUT2D eigenvalue weighted by Gasteiger charge is -2.38. The largest absolute Gasteiger partial charge is 0.369 e. The maximum absolute atomic E-state index is 10.6. The van der Waals surface area contributed by atoms with Crippen molar-refractivity contribution in [3.63, 3.8) is 0 Å². The normalized spacial score (nSPS) is 15.4. The zero-order valence-corrected chi connectivity index (χ0v) is 10.3.